The highest BCUT2D eigenvalue weighted by Gasteiger charge is 2.55. The molecule has 2 heterocycles. The van der Waals surface area contributed by atoms with Gasteiger partial charge in [0.25, 0.3) is 0 Å². The molecule has 2 aromatic carbocycles. The van der Waals surface area contributed by atoms with Crippen LogP contribution in [0.1, 0.15) is 155 Å². The molecule has 4 amide bonds. The fraction of sp³-hybridized carbons (Fsp3) is 0.680. The Labute approximate surface area is 388 Å². The van der Waals surface area contributed by atoms with E-state index in [1.807, 2.05) is 31.2 Å². The van der Waals surface area contributed by atoms with Gasteiger partial charge < -0.3 is 51.1 Å². The van der Waals surface area contributed by atoms with Gasteiger partial charge in [0, 0.05) is 44.1 Å². The summed E-state index contributed by atoms with van der Waals surface area (Å²) in [5, 5.41) is 8.87. The van der Waals surface area contributed by atoms with E-state index in [9.17, 15) is 19.2 Å². The number of carbonyl (C=O) groups excluding carboxylic acids is 4. The van der Waals surface area contributed by atoms with Gasteiger partial charge in [-0.05, 0) is 87.3 Å². The van der Waals surface area contributed by atoms with Crippen molar-refractivity contribution in [3.8, 4) is 22.6 Å². The maximum atomic E-state index is 14.5. The lowest BCUT2D eigenvalue weighted by Gasteiger charge is -2.43. The van der Waals surface area contributed by atoms with E-state index in [1.54, 1.807) is 26.1 Å². The van der Waals surface area contributed by atoms with Gasteiger partial charge in [0.15, 0.2) is 0 Å². The van der Waals surface area contributed by atoms with Gasteiger partial charge >= 0.3 is 7.12 Å². The number of benzene rings is 2. The number of ether oxygens (including phenoxy) is 2. The third-order valence-electron chi connectivity index (χ3n) is 13.3. The number of rotatable bonds is 22. The summed E-state index contributed by atoms with van der Waals surface area (Å²) in [6.07, 6.45) is 15.8. The van der Waals surface area contributed by atoms with Gasteiger partial charge in [-0.1, -0.05) is 97.1 Å². The van der Waals surface area contributed by atoms with Crippen LogP contribution in [0.2, 0.25) is 0 Å². The van der Waals surface area contributed by atoms with E-state index in [2.05, 4.69) is 43.6 Å². The quantitative estimate of drug-likeness (QED) is 0.0628. The van der Waals surface area contributed by atoms with E-state index in [0.29, 0.717) is 34.6 Å². The van der Waals surface area contributed by atoms with E-state index in [0.717, 1.165) is 44.1 Å². The Balaban J connectivity index is 1.41. The van der Waals surface area contributed by atoms with Crippen LogP contribution in [0, 0.1) is 5.41 Å². The van der Waals surface area contributed by atoms with Gasteiger partial charge in [-0.15, -0.1) is 0 Å². The Morgan fingerprint density at radius 1 is 0.877 bits per heavy atom. The Kier molecular flexibility index (Phi) is 19.6. The van der Waals surface area contributed by atoms with Crippen LogP contribution in [0.15, 0.2) is 36.4 Å². The van der Waals surface area contributed by atoms with Gasteiger partial charge in [-0.3, -0.25) is 19.2 Å². The Morgan fingerprint density at radius 2 is 1.48 bits per heavy atom. The maximum absolute atomic E-state index is 14.5. The van der Waals surface area contributed by atoms with Gasteiger partial charge in [-0.2, -0.15) is 0 Å². The molecule has 7 N–H and O–H groups in total. The molecule has 1 saturated heterocycles. The molecule has 0 spiro atoms. The predicted molar refractivity (Wildman–Crippen MR) is 256 cm³/mol. The highest BCUT2D eigenvalue weighted by molar-refractivity contribution is 6.47. The van der Waals surface area contributed by atoms with Crippen molar-refractivity contribution in [2.24, 2.45) is 16.9 Å². The van der Waals surface area contributed by atoms with Crippen LogP contribution in [0.3, 0.4) is 0 Å². The molecule has 360 valence electrons. The lowest BCUT2D eigenvalue weighted by molar-refractivity contribution is -0.140. The molecular weight excluding hydrogens is 823 g/mol. The second kappa shape index (κ2) is 24.6. The zero-order chi connectivity index (χ0) is 47.1. The number of hydrogen-bond acceptors (Lipinski definition) is 10. The third-order valence-corrected chi connectivity index (χ3v) is 13.3. The smallest absolute Gasteiger partial charge is 0.481 e. The second-order valence-corrected chi connectivity index (χ2v) is 19.6. The SMILES string of the molecule is CCCCCCCCCCCCCC(=O)N(C)[C@@H]1C(=O)N[C@@H](C)C(=O)N[C@H](C(=O)N[C@@H](C)B2O[C@@H]3CCC(C)(C)C[C@]3(C)O2)Cc2ccc(OCCN)c(c2)-c2cc1ccc2OCCN. The Morgan fingerprint density at radius 3 is 2.11 bits per heavy atom. The molecule has 1 saturated carbocycles. The first kappa shape index (κ1) is 51.8. The summed E-state index contributed by atoms with van der Waals surface area (Å²) in [5.41, 5.74) is 13.9. The van der Waals surface area contributed by atoms with Crippen molar-refractivity contribution in [3.63, 3.8) is 0 Å². The fourth-order valence-corrected chi connectivity index (χ4v) is 9.72. The molecule has 15 heteroatoms. The first-order valence-electron chi connectivity index (χ1n) is 24.5. The molecule has 2 fully saturated rings. The van der Waals surface area contributed by atoms with Crippen LogP contribution in [0.5, 0.6) is 11.5 Å². The fourth-order valence-electron chi connectivity index (χ4n) is 9.72. The number of carbonyl (C=O) groups is 4. The average molecular weight is 903 g/mol. The van der Waals surface area contributed by atoms with Crippen LogP contribution in [0.25, 0.3) is 11.1 Å². The minimum Gasteiger partial charge on any atom is -0.492 e. The molecule has 0 aromatic heterocycles. The van der Waals surface area contributed by atoms with Crippen molar-refractivity contribution in [2.45, 2.75) is 180 Å². The molecule has 2 aromatic rings. The number of likely N-dealkylation sites (N-methyl/N-ethyl adjacent to an activating group) is 1. The summed E-state index contributed by atoms with van der Waals surface area (Å²) >= 11 is 0. The van der Waals surface area contributed by atoms with E-state index >= 15 is 0 Å². The van der Waals surface area contributed by atoms with Crippen LogP contribution >= 0.6 is 0 Å². The highest BCUT2D eigenvalue weighted by Crippen LogP contribution is 2.48. The van der Waals surface area contributed by atoms with Gasteiger partial charge in [-0.25, -0.2) is 0 Å². The first-order chi connectivity index (χ1) is 31.1. The van der Waals surface area contributed by atoms with Gasteiger partial charge in [0.2, 0.25) is 23.6 Å². The molecule has 5 rings (SSSR count). The van der Waals surface area contributed by atoms with E-state index in [1.165, 1.54) is 49.8 Å². The normalized spacial score (nSPS) is 23.4. The third kappa shape index (κ3) is 14.4. The average Bonchev–Trinajstić information content (AvgIpc) is 3.62. The number of nitrogens with zero attached hydrogens (tertiary/aromatic N) is 1. The van der Waals surface area contributed by atoms with E-state index < -0.39 is 54.5 Å². The van der Waals surface area contributed by atoms with Crippen molar-refractivity contribution in [3.05, 3.63) is 47.5 Å². The molecule has 14 nitrogen and oxygen atoms in total. The van der Waals surface area contributed by atoms with Gasteiger partial charge in [0.1, 0.15) is 42.8 Å². The number of unbranched alkanes of at least 4 members (excludes halogenated alkanes) is 10. The van der Waals surface area contributed by atoms with E-state index in [4.69, 9.17) is 30.2 Å². The number of nitrogens with two attached hydrogens (primary N) is 2. The summed E-state index contributed by atoms with van der Waals surface area (Å²) < 4.78 is 25.3. The molecule has 0 unspecified atom stereocenters. The van der Waals surface area contributed by atoms with E-state index in [-0.39, 0.29) is 56.6 Å². The monoisotopic (exact) mass is 903 g/mol. The molecule has 6 atom stereocenters. The number of hydrogen-bond donors (Lipinski definition) is 5. The zero-order valence-electron chi connectivity index (χ0n) is 40.4. The molecule has 1 aliphatic carbocycles. The second-order valence-electron chi connectivity index (χ2n) is 19.6. The summed E-state index contributed by atoms with van der Waals surface area (Å²) in [5.74, 6) is -1.26. The standard InChI is InChI=1S/C50H79BN6O8/c1-8-9-10-11-12-13-14-15-16-17-18-19-44(58)57(7)45-37-21-23-42(63-29-27-53)39(32-37)38-30-36(20-22-41(38)62-28-26-52)31-40(56-46(59)34(2)54-48(45)61)47(60)55-35(3)51-64-43-24-25-49(4,5)33-50(43,6)65-51/h20-23,30,32,34-35,40,43,45H,8-19,24-29,31,33,52-53H2,1-7H3,(H,54,61)(H,55,60)(H,56,59)/t34-,35-,40-,43+,45-,50-/m0/s1. The van der Waals surface area contributed by atoms with Crippen molar-refractivity contribution in [2.75, 3.05) is 33.4 Å². The van der Waals surface area contributed by atoms with Crippen LogP contribution in [-0.4, -0.2) is 98.7 Å². The zero-order valence-corrected chi connectivity index (χ0v) is 40.4. The summed E-state index contributed by atoms with van der Waals surface area (Å²) in [4.78, 5) is 58.3. The number of fused-ring (bicyclic) bond motifs is 6. The Hall–Kier alpha value is -4.18. The molecule has 0 radical (unpaired) electrons. The highest BCUT2D eigenvalue weighted by atomic mass is 16.7. The topological polar surface area (TPSA) is 197 Å². The van der Waals surface area contributed by atoms with Crippen molar-refractivity contribution in [1.82, 2.24) is 20.9 Å². The minimum absolute atomic E-state index is 0.0863. The first-order valence-corrected chi connectivity index (χ1v) is 24.5. The molecular formula is C50H79BN6O8. The number of amides is 4. The summed E-state index contributed by atoms with van der Waals surface area (Å²) in [6.45, 7) is 13.2. The van der Waals surface area contributed by atoms with Gasteiger partial charge in [0.05, 0.1) is 17.6 Å². The Bertz CT molecular complexity index is 1900. The molecule has 3 aliphatic rings. The largest absolute Gasteiger partial charge is 0.492 e. The van der Waals surface area contributed by atoms with Crippen LogP contribution in [-0.2, 0) is 34.9 Å². The lowest BCUT2D eigenvalue weighted by atomic mass is 9.69. The maximum Gasteiger partial charge on any atom is 0.481 e. The summed E-state index contributed by atoms with van der Waals surface area (Å²) in [6, 6.07) is 7.72. The molecule has 65 heavy (non-hydrogen) atoms. The van der Waals surface area contributed by atoms with Crippen molar-refractivity contribution >= 4 is 30.7 Å². The molecule has 4 bridgehead atoms. The predicted octanol–water partition coefficient (Wildman–Crippen LogP) is 6.69. The molecule has 2 aliphatic heterocycles. The van der Waals surface area contributed by atoms with Crippen LogP contribution in [0.4, 0.5) is 0 Å². The lowest BCUT2D eigenvalue weighted by Crippen LogP contribution is -2.57. The van der Waals surface area contributed by atoms with Crippen molar-refractivity contribution < 1.29 is 38.0 Å². The van der Waals surface area contributed by atoms with Crippen molar-refractivity contribution in [1.29, 1.82) is 0 Å². The number of nitrogens with one attached hydrogen (secondary N) is 3. The van der Waals surface area contributed by atoms with Crippen LogP contribution < -0.4 is 36.9 Å². The minimum atomic E-state index is -1.10. The summed E-state index contributed by atoms with van der Waals surface area (Å²) in [7, 11) is 0.954.